The monoisotopic (exact) mass is 225 g/mol. The Hall–Kier alpha value is -0.410. The van der Waals surface area contributed by atoms with Gasteiger partial charge >= 0.3 is 0 Å². The molecule has 0 aromatic heterocycles. The van der Waals surface area contributed by atoms with Crippen molar-refractivity contribution in [1.29, 1.82) is 0 Å². The van der Waals surface area contributed by atoms with Crippen LogP contribution in [0.15, 0.2) is 0 Å². The number of carbonyl (C=O) groups excluding carboxylic acids is 1. The van der Waals surface area contributed by atoms with Crippen molar-refractivity contribution >= 4 is 5.78 Å². The Balaban J connectivity index is 2.19. The molecule has 2 fully saturated rings. The first-order valence-electron chi connectivity index (χ1n) is 6.26. The van der Waals surface area contributed by atoms with Crippen molar-refractivity contribution < 1.29 is 9.44 Å². The van der Waals surface area contributed by atoms with E-state index in [2.05, 4.69) is 13.8 Å². The average Bonchev–Trinajstić information content (AvgIpc) is 2.46. The Morgan fingerprint density at radius 2 is 2.06 bits per heavy atom. The molecule has 3 heteroatoms. The van der Waals surface area contributed by atoms with E-state index in [4.69, 9.17) is 0 Å². The molecule has 0 N–H and O–H groups in total. The van der Waals surface area contributed by atoms with Gasteiger partial charge < -0.3 is 9.85 Å². The van der Waals surface area contributed by atoms with Crippen molar-refractivity contribution in [3.63, 3.8) is 0 Å². The molecule has 2 rings (SSSR count). The Kier molecular flexibility index (Phi) is 2.48. The molecule has 16 heavy (non-hydrogen) atoms. The Morgan fingerprint density at radius 3 is 2.44 bits per heavy atom. The van der Waals surface area contributed by atoms with E-state index in [1.165, 1.54) is 6.42 Å². The summed E-state index contributed by atoms with van der Waals surface area (Å²) in [4.78, 5) is 12.2. The summed E-state index contributed by atoms with van der Waals surface area (Å²) in [5.74, 6) is 0.976. The van der Waals surface area contributed by atoms with Gasteiger partial charge in [-0.05, 0) is 24.2 Å². The van der Waals surface area contributed by atoms with E-state index in [0.717, 1.165) is 19.3 Å². The van der Waals surface area contributed by atoms with E-state index in [1.807, 2.05) is 0 Å². The van der Waals surface area contributed by atoms with Gasteiger partial charge in [-0.15, -0.1) is 0 Å². The van der Waals surface area contributed by atoms with E-state index < -0.39 is 0 Å². The SMILES string of the molecule is CC1(C)[C@@H]2CC[C@@]1(CC[N+](C)(C)[O-])C(=O)C2. The molecule has 92 valence electrons. The lowest BCUT2D eigenvalue weighted by molar-refractivity contribution is -0.840. The molecule has 2 atom stereocenters. The van der Waals surface area contributed by atoms with Crippen LogP contribution in [0.4, 0.5) is 0 Å². The zero-order valence-electron chi connectivity index (χ0n) is 10.9. The highest BCUT2D eigenvalue weighted by molar-refractivity contribution is 5.89. The first-order chi connectivity index (χ1) is 7.19. The zero-order chi connectivity index (χ0) is 12.2. The summed E-state index contributed by atoms with van der Waals surface area (Å²) in [6.07, 6.45) is 3.69. The van der Waals surface area contributed by atoms with Gasteiger partial charge in [0, 0.05) is 18.3 Å². The molecule has 3 nitrogen and oxygen atoms in total. The van der Waals surface area contributed by atoms with E-state index in [1.54, 1.807) is 14.1 Å². The number of fused-ring (bicyclic) bond motifs is 2. The Morgan fingerprint density at radius 1 is 1.44 bits per heavy atom. The van der Waals surface area contributed by atoms with Crippen molar-refractivity contribution in [2.24, 2.45) is 16.7 Å². The van der Waals surface area contributed by atoms with Gasteiger partial charge in [-0.3, -0.25) is 4.79 Å². The average molecular weight is 225 g/mol. The molecular formula is C13H23NO2. The third-order valence-electron chi connectivity index (χ3n) is 5.22. The molecular weight excluding hydrogens is 202 g/mol. The highest BCUT2D eigenvalue weighted by atomic mass is 16.5. The molecule has 0 heterocycles. The summed E-state index contributed by atoms with van der Waals surface area (Å²) in [6.45, 7) is 5.00. The number of hydrogen-bond acceptors (Lipinski definition) is 2. The summed E-state index contributed by atoms with van der Waals surface area (Å²) in [6, 6.07) is 0. The highest BCUT2D eigenvalue weighted by Gasteiger charge is 2.63. The number of nitrogens with zero attached hydrogens (tertiary/aromatic N) is 1. The number of quaternary nitrogens is 1. The van der Waals surface area contributed by atoms with Crippen molar-refractivity contribution in [3.05, 3.63) is 5.21 Å². The first-order valence-corrected chi connectivity index (χ1v) is 6.26. The van der Waals surface area contributed by atoms with Crippen molar-refractivity contribution in [2.75, 3.05) is 20.6 Å². The molecule has 0 saturated heterocycles. The van der Waals surface area contributed by atoms with Crippen LogP contribution in [0.3, 0.4) is 0 Å². The Bertz CT molecular complexity index is 316. The second kappa shape index (κ2) is 3.30. The van der Waals surface area contributed by atoms with Crippen LogP contribution in [0.25, 0.3) is 0 Å². The molecule has 0 aliphatic heterocycles. The van der Waals surface area contributed by atoms with Crippen LogP contribution < -0.4 is 0 Å². The van der Waals surface area contributed by atoms with Crippen molar-refractivity contribution in [1.82, 2.24) is 0 Å². The van der Waals surface area contributed by atoms with E-state index in [-0.39, 0.29) is 15.5 Å². The molecule has 2 saturated carbocycles. The molecule has 2 bridgehead atoms. The van der Waals surface area contributed by atoms with Crippen LogP contribution >= 0.6 is 0 Å². The fraction of sp³-hybridized carbons (Fsp3) is 0.923. The standard InChI is InChI=1S/C13H23NO2/c1-12(2)10-5-6-13(12,11(15)9-10)7-8-14(3,4)16/h10H,5-9H2,1-4H3/t10-,13-/m1/s1. The summed E-state index contributed by atoms with van der Waals surface area (Å²) in [5.41, 5.74) is -0.0726. The van der Waals surface area contributed by atoms with Gasteiger partial charge in [-0.2, -0.15) is 0 Å². The Labute approximate surface area is 98.0 Å². The molecule has 2 aliphatic carbocycles. The molecule has 0 unspecified atom stereocenters. The number of Topliss-reactive ketones (excluding diaryl/α,β-unsaturated/α-hetero) is 1. The third kappa shape index (κ3) is 1.52. The first kappa shape index (κ1) is 12.1. The number of rotatable bonds is 3. The normalized spacial score (nSPS) is 37.1. The minimum absolute atomic E-state index is 0.110. The summed E-state index contributed by atoms with van der Waals surface area (Å²) in [7, 11) is 3.32. The fourth-order valence-corrected chi connectivity index (χ4v) is 3.82. The fourth-order valence-electron chi connectivity index (χ4n) is 3.82. The zero-order valence-corrected chi connectivity index (χ0v) is 10.9. The van der Waals surface area contributed by atoms with Crippen molar-refractivity contribution in [2.45, 2.75) is 39.5 Å². The van der Waals surface area contributed by atoms with Crippen LogP contribution in [-0.4, -0.2) is 31.1 Å². The molecule has 0 amide bonds. The maximum Gasteiger partial charge on any atom is 0.140 e. The minimum atomic E-state index is -0.282. The van der Waals surface area contributed by atoms with Gasteiger partial charge in [-0.1, -0.05) is 13.8 Å². The van der Waals surface area contributed by atoms with Crippen molar-refractivity contribution in [3.8, 4) is 0 Å². The lowest BCUT2D eigenvalue weighted by Crippen LogP contribution is -2.42. The molecule has 0 radical (unpaired) electrons. The maximum atomic E-state index is 12.2. The van der Waals surface area contributed by atoms with Crippen LogP contribution in [-0.2, 0) is 4.79 Å². The van der Waals surface area contributed by atoms with E-state index in [0.29, 0.717) is 18.2 Å². The smallest absolute Gasteiger partial charge is 0.140 e. The second-order valence-electron chi connectivity index (χ2n) is 6.71. The number of ketones is 1. The number of carbonyl (C=O) groups is 1. The summed E-state index contributed by atoms with van der Waals surface area (Å²) < 4.78 is -0.282. The predicted octanol–water partition coefficient (Wildman–Crippen LogP) is 2.35. The molecule has 0 aromatic carbocycles. The quantitative estimate of drug-likeness (QED) is 0.546. The topological polar surface area (TPSA) is 40.1 Å². The minimum Gasteiger partial charge on any atom is -0.633 e. The second-order valence-corrected chi connectivity index (χ2v) is 6.71. The van der Waals surface area contributed by atoms with Gasteiger partial charge in [0.15, 0.2) is 0 Å². The van der Waals surface area contributed by atoms with E-state index in [9.17, 15) is 10.0 Å². The predicted molar refractivity (Wildman–Crippen MR) is 63.5 cm³/mol. The number of hydrogen-bond donors (Lipinski definition) is 0. The summed E-state index contributed by atoms with van der Waals surface area (Å²) in [5, 5.41) is 11.7. The van der Waals surface area contributed by atoms with Crippen LogP contribution in [0.2, 0.25) is 0 Å². The number of hydroxylamine groups is 3. The molecule has 0 aromatic rings. The maximum absolute atomic E-state index is 12.2. The molecule has 2 aliphatic rings. The lowest BCUT2D eigenvalue weighted by Gasteiger charge is -2.41. The van der Waals surface area contributed by atoms with Gasteiger partial charge in [0.1, 0.15) is 5.78 Å². The van der Waals surface area contributed by atoms with E-state index >= 15 is 0 Å². The third-order valence-corrected chi connectivity index (χ3v) is 5.22. The highest BCUT2D eigenvalue weighted by Crippen LogP contribution is 2.65. The van der Waals surface area contributed by atoms with Crippen LogP contribution in [0.5, 0.6) is 0 Å². The lowest BCUT2D eigenvalue weighted by atomic mass is 9.67. The van der Waals surface area contributed by atoms with Gasteiger partial charge in [-0.25, -0.2) is 0 Å². The van der Waals surface area contributed by atoms with Crippen LogP contribution in [0, 0.1) is 22.0 Å². The van der Waals surface area contributed by atoms with Gasteiger partial charge in [0.05, 0.1) is 20.6 Å². The van der Waals surface area contributed by atoms with Gasteiger partial charge in [0.2, 0.25) is 0 Å². The largest absolute Gasteiger partial charge is 0.633 e. The summed E-state index contributed by atoms with van der Waals surface area (Å²) >= 11 is 0. The van der Waals surface area contributed by atoms with Gasteiger partial charge in [0.25, 0.3) is 0 Å². The van der Waals surface area contributed by atoms with Crippen LogP contribution in [0.1, 0.15) is 39.5 Å². The molecule has 0 spiro atoms.